The summed E-state index contributed by atoms with van der Waals surface area (Å²) in [5.41, 5.74) is 9.43. The minimum absolute atomic E-state index is 0.205. The lowest BCUT2D eigenvalue weighted by atomic mass is 9.76. The largest absolute Gasteiger partial charge is 0.329 e. The molecular weight excluding hydrogens is 300 g/mol. The molecule has 2 aliphatic rings. The smallest absolute Gasteiger partial charge is 0.0378 e. The van der Waals surface area contributed by atoms with Gasteiger partial charge in [-0.2, -0.15) is 0 Å². The first-order chi connectivity index (χ1) is 9.14. The zero-order valence-electron chi connectivity index (χ0n) is 11.7. The van der Waals surface area contributed by atoms with Gasteiger partial charge in [0, 0.05) is 22.6 Å². The van der Waals surface area contributed by atoms with Crippen molar-refractivity contribution in [2.45, 2.75) is 50.6 Å². The molecule has 2 atom stereocenters. The van der Waals surface area contributed by atoms with Crippen molar-refractivity contribution in [2.75, 3.05) is 13.1 Å². The summed E-state index contributed by atoms with van der Waals surface area (Å²) in [6.45, 7) is 4.37. The Labute approximate surface area is 124 Å². The van der Waals surface area contributed by atoms with E-state index in [2.05, 4.69) is 46.0 Å². The number of likely N-dealkylation sites (tertiary alicyclic amines) is 1. The van der Waals surface area contributed by atoms with Crippen LogP contribution in [0.1, 0.15) is 37.3 Å². The summed E-state index contributed by atoms with van der Waals surface area (Å²) in [4.78, 5) is 2.69. The Bertz CT molecular complexity index is 474. The molecule has 1 heterocycles. The van der Waals surface area contributed by atoms with Gasteiger partial charge in [0.05, 0.1) is 0 Å². The van der Waals surface area contributed by atoms with Gasteiger partial charge in [0.15, 0.2) is 0 Å². The molecule has 0 spiro atoms. The van der Waals surface area contributed by atoms with Crippen molar-refractivity contribution in [1.82, 2.24) is 4.90 Å². The van der Waals surface area contributed by atoms with Crippen LogP contribution in [0.3, 0.4) is 0 Å². The highest BCUT2D eigenvalue weighted by Gasteiger charge is 2.42. The first kappa shape index (κ1) is 13.6. The molecule has 3 heteroatoms. The summed E-state index contributed by atoms with van der Waals surface area (Å²) in [7, 11) is 0. The van der Waals surface area contributed by atoms with Gasteiger partial charge in [0.2, 0.25) is 0 Å². The minimum Gasteiger partial charge on any atom is -0.329 e. The zero-order valence-corrected chi connectivity index (χ0v) is 13.2. The summed E-state index contributed by atoms with van der Waals surface area (Å²) >= 11 is 3.58. The molecule has 104 valence electrons. The molecule has 1 saturated heterocycles. The Morgan fingerprint density at radius 2 is 2.26 bits per heavy atom. The van der Waals surface area contributed by atoms with E-state index in [0.717, 1.165) is 19.4 Å². The average Bonchev–Trinajstić information content (AvgIpc) is 2.85. The molecule has 19 heavy (non-hydrogen) atoms. The Morgan fingerprint density at radius 1 is 1.42 bits per heavy atom. The molecule has 0 bridgehead atoms. The fourth-order valence-corrected chi connectivity index (χ4v) is 4.39. The molecule has 1 aliphatic heterocycles. The molecule has 1 aromatic carbocycles. The van der Waals surface area contributed by atoms with E-state index in [1.54, 1.807) is 0 Å². The average molecular weight is 323 g/mol. The second kappa shape index (κ2) is 5.19. The molecule has 0 radical (unpaired) electrons. The van der Waals surface area contributed by atoms with Crippen LogP contribution in [0.2, 0.25) is 0 Å². The van der Waals surface area contributed by atoms with Crippen LogP contribution < -0.4 is 5.73 Å². The van der Waals surface area contributed by atoms with E-state index in [1.807, 2.05) is 0 Å². The second-order valence-corrected chi connectivity index (χ2v) is 7.12. The topological polar surface area (TPSA) is 29.3 Å². The van der Waals surface area contributed by atoms with Crippen LogP contribution >= 0.6 is 15.9 Å². The maximum atomic E-state index is 6.22. The van der Waals surface area contributed by atoms with Gasteiger partial charge in [-0.15, -0.1) is 0 Å². The lowest BCUT2D eigenvalue weighted by Gasteiger charge is -2.47. The number of hydrogen-bond acceptors (Lipinski definition) is 2. The van der Waals surface area contributed by atoms with E-state index in [4.69, 9.17) is 5.73 Å². The first-order valence-electron chi connectivity index (χ1n) is 7.39. The fourth-order valence-electron chi connectivity index (χ4n) is 3.98. The van der Waals surface area contributed by atoms with E-state index < -0.39 is 0 Å². The Balaban J connectivity index is 1.91. The monoisotopic (exact) mass is 322 g/mol. The van der Waals surface area contributed by atoms with E-state index in [-0.39, 0.29) is 5.54 Å². The molecule has 0 aromatic heterocycles. The number of nitrogens with zero attached hydrogens (tertiary/aromatic N) is 1. The van der Waals surface area contributed by atoms with Crippen LogP contribution in [0.15, 0.2) is 22.7 Å². The number of rotatable bonds is 2. The number of nitrogens with two attached hydrogens (primary N) is 1. The van der Waals surface area contributed by atoms with Crippen molar-refractivity contribution in [3.05, 3.63) is 33.8 Å². The van der Waals surface area contributed by atoms with Gasteiger partial charge >= 0.3 is 0 Å². The molecular formula is C16H23BrN2. The highest BCUT2D eigenvalue weighted by Crippen LogP contribution is 2.37. The molecule has 0 amide bonds. The minimum atomic E-state index is 0.205. The second-order valence-electron chi connectivity index (χ2n) is 6.20. The molecule has 3 rings (SSSR count). The molecule has 1 aromatic rings. The Morgan fingerprint density at radius 3 is 2.95 bits per heavy atom. The van der Waals surface area contributed by atoms with Crippen molar-refractivity contribution >= 4 is 15.9 Å². The summed E-state index contributed by atoms with van der Waals surface area (Å²) in [6, 6.07) is 7.42. The lowest BCUT2D eigenvalue weighted by Crippen LogP contribution is -2.58. The quantitative estimate of drug-likeness (QED) is 0.906. The van der Waals surface area contributed by atoms with Crippen LogP contribution in [-0.2, 0) is 12.8 Å². The van der Waals surface area contributed by atoms with Gasteiger partial charge in [-0.1, -0.05) is 22.0 Å². The van der Waals surface area contributed by atoms with Crippen molar-refractivity contribution in [3.63, 3.8) is 0 Å². The predicted molar refractivity (Wildman–Crippen MR) is 83.4 cm³/mol. The molecule has 0 saturated carbocycles. The van der Waals surface area contributed by atoms with Gasteiger partial charge in [-0.25, -0.2) is 0 Å². The number of benzene rings is 1. The standard InChI is InChI=1S/C16H23BrN2/c1-12-3-2-8-19(12)16(11-18)7-6-13-9-15(17)5-4-14(13)10-16/h4-5,9,12H,2-3,6-8,10-11,18H2,1H3. The van der Waals surface area contributed by atoms with Gasteiger partial charge in [-0.05, 0) is 68.8 Å². The number of hydrogen-bond donors (Lipinski definition) is 1. The number of aryl methyl sites for hydroxylation is 1. The van der Waals surface area contributed by atoms with E-state index >= 15 is 0 Å². The van der Waals surface area contributed by atoms with Gasteiger partial charge in [-0.3, -0.25) is 4.90 Å². The molecule has 1 fully saturated rings. The van der Waals surface area contributed by atoms with Crippen LogP contribution in [0, 0.1) is 0 Å². The third kappa shape index (κ3) is 2.37. The third-order valence-electron chi connectivity index (χ3n) is 5.09. The zero-order chi connectivity index (χ0) is 13.5. The van der Waals surface area contributed by atoms with Crippen LogP contribution in [0.4, 0.5) is 0 Å². The summed E-state index contributed by atoms with van der Waals surface area (Å²) in [5.74, 6) is 0. The highest BCUT2D eigenvalue weighted by molar-refractivity contribution is 9.10. The van der Waals surface area contributed by atoms with Crippen molar-refractivity contribution < 1.29 is 0 Å². The van der Waals surface area contributed by atoms with Gasteiger partial charge in [0.1, 0.15) is 0 Å². The van der Waals surface area contributed by atoms with Crippen molar-refractivity contribution in [2.24, 2.45) is 5.73 Å². The molecule has 1 aliphatic carbocycles. The van der Waals surface area contributed by atoms with Crippen molar-refractivity contribution in [1.29, 1.82) is 0 Å². The highest BCUT2D eigenvalue weighted by atomic mass is 79.9. The fraction of sp³-hybridized carbons (Fsp3) is 0.625. The van der Waals surface area contributed by atoms with Crippen LogP contribution in [0.5, 0.6) is 0 Å². The first-order valence-corrected chi connectivity index (χ1v) is 8.18. The maximum Gasteiger partial charge on any atom is 0.0378 e. The van der Waals surface area contributed by atoms with E-state index in [9.17, 15) is 0 Å². The van der Waals surface area contributed by atoms with E-state index in [0.29, 0.717) is 6.04 Å². The van der Waals surface area contributed by atoms with Gasteiger partial charge in [0.25, 0.3) is 0 Å². The summed E-state index contributed by atoms with van der Waals surface area (Å²) in [5, 5.41) is 0. The predicted octanol–water partition coefficient (Wildman–Crippen LogP) is 3.12. The third-order valence-corrected chi connectivity index (χ3v) is 5.58. The molecule has 2 N–H and O–H groups in total. The molecule has 2 nitrogen and oxygen atoms in total. The van der Waals surface area contributed by atoms with Crippen LogP contribution in [-0.4, -0.2) is 29.6 Å². The number of fused-ring (bicyclic) bond motifs is 1. The van der Waals surface area contributed by atoms with E-state index in [1.165, 1.54) is 41.4 Å². The SMILES string of the molecule is CC1CCCN1C1(CN)CCc2cc(Br)ccc2C1. The Hall–Kier alpha value is -0.380. The lowest BCUT2D eigenvalue weighted by molar-refractivity contribution is 0.0730. The number of halogens is 1. The van der Waals surface area contributed by atoms with Crippen molar-refractivity contribution in [3.8, 4) is 0 Å². The molecule has 2 unspecified atom stereocenters. The summed E-state index contributed by atoms with van der Waals surface area (Å²) in [6.07, 6.45) is 6.15. The normalized spacial score (nSPS) is 31.4. The maximum absolute atomic E-state index is 6.22. The summed E-state index contributed by atoms with van der Waals surface area (Å²) < 4.78 is 1.20. The Kier molecular flexibility index (Phi) is 3.71. The van der Waals surface area contributed by atoms with Gasteiger partial charge < -0.3 is 5.73 Å². The van der Waals surface area contributed by atoms with Crippen LogP contribution in [0.25, 0.3) is 0 Å².